The highest BCUT2D eigenvalue weighted by Gasteiger charge is 2.12. The molecule has 0 bridgehead atoms. The zero-order valence-corrected chi connectivity index (χ0v) is 15.2. The van der Waals surface area contributed by atoms with Gasteiger partial charge in [0.15, 0.2) is 10.8 Å². The summed E-state index contributed by atoms with van der Waals surface area (Å²) in [4.78, 5) is 0. The fourth-order valence-electron chi connectivity index (χ4n) is 2.79. The Labute approximate surface area is 154 Å². The molecular weight excluding hydrogens is 354 g/mol. The van der Waals surface area contributed by atoms with Gasteiger partial charge in [0.05, 0.1) is 12.1 Å². The van der Waals surface area contributed by atoms with Gasteiger partial charge in [-0.15, -0.1) is 10.2 Å². The minimum absolute atomic E-state index is 0.610. The Kier molecular flexibility index (Phi) is 4.51. The average molecular weight is 370 g/mol. The van der Waals surface area contributed by atoms with E-state index in [9.17, 15) is 0 Å². The van der Waals surface area contributed by atoms with Crippen molar-refractivity contribution in [2.24, 2.45) is 0 Å². The molecule has 4 aromatic rings. The van der Waals surface area contributed by atoms with Crippen LogP contribution in [0.5, 0.6) is 5.75 Å². The van der Waals surface area contributed by atoms with Crippen molar-refractivity contribution in [1.82, 2.24) is 14.6 Å². The van der Waals surface area contributed by atoms with Crippen LogP contribution in [-0.2, 0) is 0 Å². The van der Waals surface area contributed by atoms with Crippen LogP contribution in [0.1, 0.15) is 5.56 Å². The van der Waals surface area contributed by atoms with Crippen LogP contribution in [-0.4, -0.2) is 27.0 Å². The summed E-state index contributed by atoms with van der Waals surface area (Å²) in [6, 6.07) is 17.8. The quantitative estimate of drug-likeness (QED) is 0.366. The van der Waals surface area contributed by atoms with Gasteiger partial charge in [-0.2, -0.15) is 0 Å². The molecule has 2 aromatic carbocycles. The van der Waals surface area contributed by atoms with Crippen LogP contribution < -0.4 is 4.74 Å². The normalized spacial score (nSPS) is 11.3. The molecule has 0 spiro atoms. The van der Waals surface area contributed by atoms with Gasteiger partial charge in [-0.25, -0.2) is 0 Å². The number of aryl methyl sites for hydroxylation is 1. The smallest absolute Gasteiger partial charge is 0.196 e. The molecule has 2 heterocycles. The van der Waals surface area contributed by atoms with E-state index in [1.54, 1.807) is 11.8 Å². The van der Waals surface area contributed by atoms with Crippen LogP contribution in [0.15, 0.2) is 59.8 Å². The van der Waals surface area contributed by atoms with Crippen molar-refractivity contribution in [3.8, 4) is 5.75 Å². The summed E-state index contributed by atoms with van der Waals surface area (Å²) in [7, 11) is 0. The van der Waals surface area contributed by atoms with Crippen LogP contribution in [0.2, 0.25) is 5.02 Å². The topological polar surface area (TPSA) is 39.4 Å². The first-order valence-electron chi connectivity index (χ1n) is 7.97. The number of thioether (sulfide) groups is 1. The number of para-hydroxylation sites is 1. The van der Waals surface area contributed by atoms with Crippen LogP contribution >= 0.6 is 23.4 Å². The molecule has 4 nitrogen and oxygen atoms in total. The minimum Gasteiger partial charge on any atom is -0.493 e. The van der Waals surface area contributed by atoms with Crippen molar-refractivity contribution in [3.05, 3.63) is 65.2 Å². The van der Waals surface area contributed by atoms with Crippen molar-refractivity contribution in [1.29, 1.82) is 0 Å². The monoisotopic (exact) mass is 369 g/mol. The Bertz CT molecular complexity index is 1030. The summed E-state index contributed by atoms with van der Waals surface area (Å²) in [5, 5.41) is 11.4. The van der Waals surface area contributed by atoms with E-state index < -0.39 is 0 Å². The number of hydrogen-bond acceptors (Lipinski definition) is 4. The van der Waals surface area contributed by atoms with Gasteiger partial charge in [0.1, 0.15) is 5.75 Å². The first-order chi connectivity index (χ1) is 12.2. The van der Waals surface area contributed by atoms with E-state index in [1.807, 2.05) is 54.6 Å². The minimum atomic E-state index is 0.610. The maximum absolute atomic E-state index is 6.15. The van der Waals surface area contributed by atoms with Crippen LogP contribution in [0.25, 0.3) is 16.6 Å². The Morgan fingerprint density at radius 3 is 2.76 bits per heavy atom. The highest BCUT2D eigenvalue weighted by Crippen LogP contribution is 2.27. The molecule has 0 atom stereocenters. The lowest BCUT2D eigenvalue weighted by atomic mass is 10.1. The molecular formula is C19H16ClN3OS. The van der Waals surface area contributed by atoms with Crippen LogP contribution in [0.3, 0.4) is 0 Å². The molecule has 4 rings (SSSR count). The predicted octanol–water partition coefficient (Wildman–Crippen LogP) is 5.02. The molecule has 0 fully saturated rings. The second-order valence-electron chi connectivity index (χ2n) is 5.67. The van der Waals surface area contributed by atoms with Gasteiger partial charge in [0, 0.05) is 16.2 Å². The number of rotatable bonds is 5. The molecule has 0 aliphatic carbocycles. The third-order valence-electron chi connectivity index (χ3n) is 3.95. The lowest BCUT2D eigenvalue weighted by Crippen LogP contribution is -2.01. The van der Waals surface area contributed by atoms with E-state index in [1.165, 1.54) is 0 Å². The largest absolute Gasteiger partial charge is 0.493 e. The maximum atomic E-state index is 6.15. The van der Waals surface area contributed by atoms with Gasteiger partial charge >= 0.3 is 0 Å². The molecule has 126 valence electrons. The molecule has 0 unspecified atom stereocenters. The molecule has 0 saturated heterocycles. The van der Waals surface area contributed by atoms with Gasteiger partial charge in [0.25, 0.3) is 0 Å². The molecule has 6 heteroatoms. The van der Waals surface area contributed by atoms with Gasteiger partial charge in [-0.1, -0.05) is 41.6 Å². The number of nitrogens with zero attached hydrogens (tertiary/aromatic N) is 3. The summed E-state index contributed by atoms with van der Waals surface area (Å²) in [6.07, 6.45) is 0. The molecule has 0 amide bonds. The number of hydrogen-bond donors (Lipinski definition) is 0. The van der Waals surface area contributed by atoms with E-state index in [-0.39, 0.29) is 0 Å². The fraction of sp³-hybridized carbons (Fsp3) is 0.158. The van der Waals surface area contributed by atoms with Crippen LogP contribution in [0, 0.1) is 6.92 Å². The average Bonchev–Trinajstić information content (AvgIpc) is 3.03. The Morgan fingerprint density at radius 2 is 1.92 bits per heavy atom. The van der Waals surface area contributed by atoms with Gasteiger partial charge in [-0.05, 0) is 48.9 Å². The summed E-state index contributed by atoms with van der Waals surface area (Å²) >= 11 is 7.79. The third-order valence-corrected chi connectivity index (χ3v) is 5.08. The maximum Gasteiger partial charge on any atom is 0.196 e. The molecule has 0 saturated carbocycles. The first kappa shape index (κ1) is 16.2. The second-order valence-corrected chi connectivity index (χ2v) is 7.17. The van der Waals surface area contributed by atoms with Gasteiger partial charge < -0.3 is 4.74 Å². The second kappa shape index (κ2) is 6.94. The zero-order valence-electron chi connectivity index (χ0n) is 13.6. The summed E-state index contributed by atoms with van der Waals surface area (Å²) in [5.41, 5.74) is 3.05. The molecule has 0 radical (unpaired) electrons. The number of benzene rings is 2. The van der Waals surface area contributed by atoms with Gasteiger partial charge in [0.2, 0.25) is 0 Å². The van der Waals surface area contributed by atoms with Crippen molar-refractivity contribution in [2.45, 2.75) is 12.1 Å². The van der Waals surface area contributed by atoms with Crippen molar-refractivity contribution < 1.29 is 4.74 Å². The molecule has 25 heavy (non-hydrogen) atoms. The lowest BCUT2D eigenvalue weighted by molar-refractivity contribution is 0.344. The van der Waals surface area contributed by atoms with E-state index in [2.05, 4.69) is 21.5 Å². The van der Waals surface area contributed by atoms with E-state index in [0.29, 0.717) is 6.61 Å². The highest BCUT2D eigenvalue weighted by atomic mass is 35.5. The summed E-state index contributed by atoms with van der Waals surface area (Å²) in [6.45, 7) is 2.67. The predicted molar refractivity (Wildman–Crippen MR) is 103 cm³/mol. The van der Waals surface area contributed by atoms with E-state index >= 15 is 0 Å². The van der Waals surface area contributed by atoms with E-state index in [4.69, 9.17) is 16.3 Å². The Hall–Kier alpha value is -2.24. The van der Waals surface area contributed by atoms with Crippen molar-refractivity contribution in [3.63, 3.8) is 0 Å². The first-order valence-corrected chi connectivity index (χ1v) is 9.33. The molecule has 0 aliphatic rings. The number of ether oxygens (including phenoxy) is 1. The molecule has 0 aliphatic heterocycles. The number of pyridine rings is 1. The van der Waals surface area contributed by atoms with Crippen molar-refractivity contribution >= 4 is 39.9 Å². The highest BCUT2D eigenvalue weighted by molar-refractivity contribution is 7.99. The van der Waals surface area contributed by atoms with E-state index in [0.717, 1.165) is 43.8 Å². The molecule has 2 aromatic heterocycles. The van der Waals surface area contributed by atoms with Crippen LogP contribution in [0.4, 0.5) is 0 Å². The summed E-state index contributed by atoms with van der Waals surface area (Å²) in [5.74, 6) is 1.67. The Balaban J connectivity index is 1.58. The van der Waals surface area contributed by atoms with Gasteiger partial charge in [-0.3, -0.25) is 4.40 Å². The SMILES string of the molecule is Cc1cc2nnc(SCCOc3ccccc3)n2c2ccc(Cl)cc12. The standard InChI is InChI=1S/C19H16ClN3OS/c1-13-11-18-21-22-19(23(18)17-8-7-14(20)12-16(13)17)25-10-9-24-15-5-3-2-4-6-15/h2-8,11-12H,9-10H2,1H3. The lowest BCUT2D eigenvalue weighted by Gasteiger charge is -2.08. The fourth-order valence-corrected chi connectivity index (χ4v) is 3.74. The molecule has 0 N–H and O–H groups in total. The third kappa shape index (κ3) is 3.30. The number of halogens is 1. The van der Waals surface area contributed by atoms with Crippen molar-refractivity contribution in [2.75, 3.05) is 12.4 Å². The Morgan fingerprint density at radius 1 is 1.08 bits per heavy atom. The number of aromatic nitrogens is 3. The number of fused-ring (bicyclic) bond motifs is 3. The summed E-state index contributed by atoms with van der Waals surface area (Å²) < 4.78 is 7.82. The zero-order chi connectivity index (χ0) is 17.2.